The number of H-pyrrole nitrogens is 1. The highest BCUT2D eigenvalue weighted by molar-refractivity contribution is 5.74. The molecule has 1 aliphatic carbocycles. The van der Waals surface area contributed by atoms with Crippen molar-refractivity contribution in [1.82, 2.24) is 24.8 Å². The van der Waals surface area contributed by atoms with E-state index < -0.39 is 0 Å². The molecule has 0 fully saturated rings. The van der Waals surface area contributed by atoms with Crippen LogP contribution >= 0.6 is 0 Å². The molecule has 0 amide bonds. The maximum atomic E-state index is 4.87. The van der Waals surface area contributed by atoms with Crippen molar-refractivity contribution in [3.05, 3.63) is 114 Å². The van der Waals surface area contributed by atoms with E-state index in [1.807, 2.05) is 42.7 Å². The standard InChI is InChI=1S/C29H27N5/c1-2-11-26-25(10-1)32-28(33-26)20-34(27-12-5-7-23-8-6-18-31-29(23)27)19-21-13-15-22(16-14-21)24-9-3-4-17-30-24/h1-4,6,8-11,13-18,27H,5,7,12,19-20H2,(H,32,33). The van der Waals surface area contributed by atoms with E-state index in [4.69, 9.17) is 9.97 Å². The number of rotatable bonds is 6. The van der Waals surface area contributed by atoms with E-state index in [0.717, 1.165) is 54.0 Å². The monoisotopic (exact) mass is 445 g/mol. The number of aryl methyl sites for hydroxylation is 1. The Morgan fingerprint density at radius 3 is 2.53 bits per heavy atom. The van der Waals surface area contributed by atoms with Gasteiger partial charge in [-0.3, -0.25) is 14.9 Å². The molecule has 1 aliphatic rings. The smallest absolute Gasteiger partial charge is 0.121 e. The fourth-order valence-electron chi connectivity index (χ4n) is 5.04. The van der Waals surface area contributed by atoms with Gasteiger partial charge in [0.15, 0.2) is 0 Å². The summed E-state index contributed by atoms with van der Waals surface area (Å²) in [6, 6.07) is 27.6. The normalized spacial score (nSPS) is 15.5. The number of para-hydroxylation sites is 2. The molecule has 5 heteroatoms. The van der Waals surface area contributed by atoms with Crippen molar-refractivity contribution >= 4 is 11.0 Å². The minimum Gasteiger partial charge on any atom is -0.341 e. The summed E-state index contributed by atoms with van der Waals surface area (Å²) < 4.78 is 0. The molecular formula is C29H27N5. The molecular weight excluding hydrogens is 418 g/mol. The second kappa shape index (κ2) is 9.20. The number of aromatic amines is 1. The van der Waals surface area contributed by atoms with E-state index >= 15 is 0 Å². The molecule has 0 saturated heterocycles. The van der Waals surface area contributed by atoms with Crippen molar-refractivity contribution in [2.45, 2.75) is 38.4 Å². The lowest BCUT2D eigenvalue weighted by molar-refractivity contribution is 0.153. The van der Waals surface area contributed by atoms with Crippen LogP contribution in [-0.4, -0.2) is 24.8 Å². The molecule has 1 unspecified atom stereocenters. The lowest BCUT2D eigenvalue weighted by Crippen LogP contribution is -2.31. The van der Waals surface area contributed by atoms with E-state index in [-0.39, 0.29) is 6.04 Å². The van der Waals surface area contributed by atoms with Crippen LogP contribution in [0.15, 0.2) is 91.3 Å². The average molecular weight is 446 g/mol. The molecule has 5 aromatic rings. The summed E-state index contributed by atoms with van der Waals surface area (Å²) >= 11 is 0. The quantitative estimate of drug-likeness (QED) is 0.343. The molecule has 0 radical (unpaired) electrons. The van der Waals surface area contributed by atoms with Gasteiger partial charge < -0.3 is 4.98 Å². The van der Waals surface area contributed by atoms with Crippen LogP contribution in [0.5, 0.6) is 0 Å². The first-order valence-electron chi connectivity index (χ1n) is 12.0. The van der Waals surface area contributed by atoms with Gasteiger partial charge in [-0.15, -0.1) is 0 Å². The third kappa shape index (κ3) is 4.22. The number of hydrogen-bond donors (Lipinski definition) is 1. The predicted octanol–water partition coefficient (Wildman–Crippen LogP) is 6.10. The summed E-state index contributed by atoms with van der Waals surface area (Å²) in [5.74, 6) is 0.995. The summed E-state index contributed by atoms with van der Waals surface area (Å²) in [6.45, 7) is 1.58. The number of aromatic nitrogens is 4. The summed E-state index contributed by atoms with van der Waals surface area (Å²) in [5.41, 5.74) is 8.10. The van der Waals surface area contributed by atoms with Gasteiger partial charge in [-0.1, -0.05) is 48.5 Å². The molecule has 5 nitrogen and oxygen atoms in total. The zero-order valence-electron chi connectivity index (χ0n) is 19.1. The van der Waals surface area contributed by atoms with Crippen LogP contribution in [0.2, 0.25) is 0 Å². The SMILES string of the molecule is c1ccc(-c2ccc(CN(Cc3nc4ccccc4[nH]3)C3CCCc4cccnc43)cc2)nc1. The van der Waals surface area contributed by atoms with Crippen molar-refractivity contribution in [1.29, 1.82) is 0 Å². The number of nitrogens with one attached hydrogen (secondary N) is 1. The maximum absolute atomic E-state index is 4.87. The van der Waals surface area contributed by atoms with Crippen LogP contribution in [-0.2, 0) is 19.5 Å². The number of imidazole rings is 1. The Bertz CT molecular complexity index is 1360. The van der Waals surface area contributed by atoms with E-state index in [1.54, 1.807) is 0 Å². The number of pyridine rings is 2. The number of hydrogen-bond acceptors (Lipinski definition) is 4. The highest BCUT2D eigenvalue weighted by Gasteiger charge is 2.28. The van der Waals surface area contributed by atoms with Gasteiger partial charge in [0, 0.05) is 24.5 Å². The summed E-state index contributed by atoms with van der Waals surface area (Å²) in [4.78, 5) is 20.2. The van der Waals surface area contributed by atoms with Gasteiger partial charge in [0.1, 0.15) is 5.82 Å². The Hall–Kier alpha value is -3.83. The topological polar surface area (TPSA) is 57.7 Å². The van der Waals surface area contributed by atoms with Crippen molar-refractivity contribution in [3.63, 3.8) is 0 Å². The van der Waals surface area contributed by atoms with Crippen LogP contribution in [0.1, 0.15) is 41.5 Å². The second-order valence-electron chi connectivity index (χ2n) is 8.97. The van der Waals surface area contributed by atoms with Crippen molar-refractivity contribution < 1.29 is 0 Å². The van der Waals surface area contributed by atoms with E-state index in [0.29, 0.717) is 0 Å². The molecule has 168 valence electrons. The Kier molecular flexibility index (Phi) is 5.61. The number of nitrogens with zero attached hydrogens (tertiary/aromatic N) is 4. The minimum atomic E-state index is 0.272. The van der Waals surface area contributed by atoms with Gasteiger partial charge >= 0.3 is 0 Å². The first kappa shape index (κ1) is 20.8. The van der Waals surface area contributed by atoms with Crippen molar-refractivity contribution in [3.8, 4) is 11.3 Å². The van der Waals surface area contributed by atoms with E-state index in [1.165, 1.54) is 23.2 Å². The Morgan fingerprint density at radius 1 is 0.824 bits per heavy atom. The van der Waals surface area contributed by atoms with Gasteiger partial charge in [0.05, 0.1) is 35.0 Å². The van der Waals surface area contributed by atoms with Crippen LogP contribution in [0, 0.1) is 0 Å². The Balaban J connectivity index is 1.32. The fraction of sp³-hybridized carbons (Fsp3) is 0.207. The van der Waals surface area contributed by atoms with Crippen molar-refractivity contribution in [2.24, 2.45) is 0 Å². The van der Waals surface area contributed by atoms with Gasteiger partial charge in [-0.25, -0.2) is 4.98 Å². The van der Waals surface area contributed by atoms with Crippen LogP contribution in [0.25, 0.3) is 22.3 Å². The van der Waals surface area contributed by atoms with Gasteiger partial charge in [-0.05, 0) is 60.7 Å². The summed E-state index contributed by atoms with van der Waals surface area (Å²) in [5, 5.41) is 0. The van der Waals surface area contributed by atoms with Gasteiger partial charge in [-0.2, -0.15) is 0 Å². The van der Waals surface area contributed by atoms with Crippen LogP contribution in [0.3, 0.4) is 0 Å². The molecule has 0 spiro atoms. The average Bonchev–Trinajstić information content (AvgIpc) is 3.31. The van der Waals surface area contributed by atoms with Gasteiger partial charge in [0.25, 0.3) is 0 Å². The van der Waals surface area contributed by atoms with E-state index in [9.17, 15) is 0 Å². The second-order valence-corrected chi connectivity index (χ2v) is 8.97. The molecule has 1 atom stereocenters. The summed E-state index contributed by atoms with van der Waals surface area (Å²) in [7, 11) is 0. The largest absolute Gasteiger partial charge is 0.341 e. The van der Waals surface area contributed by atoms with E-state index in [2.05, 4.69) is 63.4 Å². The fourth-order valence-corrected chi connectivity index (χ4v) is 5.04. The minimum absolute atomic E-state index is 0.272. The maximum Gasteiger partial charge on any atom is 0.121 e. The molecule has 3 heterocycles. The number of benzene rings is 2. The molecule has 2 aromatic carbocycles. The predicted molar refractivity (Wildman–Crippen MR) is 135 cm³/mol. The molecule has 0 bridgehead atoms. The zero-order valence-corrected chi connectivity index (χ0v) is 19.1. The van der Waals surface area contributed by atoms with Gasteiger partial charge in [0.2, 0.25) is 0 Å². The van der Waals surface area contributed by atoms with Crippen molar-refractivity contribution in [2.75, 3.05) is 0 Å². The third-order valence-electron chi connectivity index (χ3n) is 6.70. The Morgan fingerprint density at radius 2 is 1.68 bits per heavy atom. The number of fused-ring (bicyclic) bond motifs is 2. The molecule has 34 heavy (non-hydrogen) atoms. The summed E-state index contributed by atoms with van der Waals surface area (Å²) in [6.07, 6.45) is 7.16. The highest BCUT2D eigenvalue weighted by atomic mass is 15.2. The molecule has 1 N–H and O–H groups in total. The van der Waals surface area contributed by atoms with Crippen LogP contribution < -0.4 is 0 Å². The first-order chi connectivity index (χ1) is 16.8. The lowest BCUT2D eigenvalue weighted by Gasteiger charge is -2.34. The molecule has 0 aliphatic heterocycles. The molecule has 0 saturated carbocycles. The highest BCUT2D eigenvalue weighted by Crippen LogP contribution is 2.35. The lowest BCUT2D eigenvalue weighted by atomic mass is 9.90. The van der Waals surface area contributed by atoms with Crippen LogP contribution in [0.4, 0.5) is 0 Å². The molecule has 3 aromatic heterocycles. The third-order valence-corrected chi connectivity index (χ3v) is 6.70. The Labute approximate surface area is 199 Å². The first-order valence-corrected chi connectivity index (χ1v) is 12.0. The zero-order chi connectivity index (χ0) is 22.7. The molecule has 6 rings (SSSR count).